The van der Waals surface area contributed by atoms with Crippen LogP contribution < -0.4 is 10.6 Å². The number of carbonyl (C=O) groups is 3. The Morgan fingerprint density at radius 3 is 2.28 bits per heavy atom. The van der Waals surface area contributed by atoms with Crippen molar-refractivity contribution >= 4 is 23.5 Å². The molecule has 1 aliphatic carbocycles. The maximum atomic E-state index is 12.2. The lowest BCUT2D eigenvalue weighted by Gasteiger charge is -2.15. The number of nitrogens with one attached hydrogen (secondary N) is 2. The second-order valence-electron chi connectivity index (χ2n) is 7.26. The summed E-state index contributed by atoms with van der Waals surface area (Å²) in [6.45, 7) is 6.05. The van der Waals surface area contributed by atoms with Gasteiger partial charge in [0.15, 0.2) is 0 Å². The van der Waals surface area contributed by atoms with Crippen LogP contribution >= 0.6 is 0 Å². The first-order chi connectivity index (χ1) is 11.8. The second kappa shape index (κ2) is 8.14. The van der Waals surface area contributed by atoms with Crippen LogP contribution in [0.15, 0.2) is 24.3 Å². The van der Waals surface area contributed by atoms with E-state index in [9.17, 15) is 19.5 Å². The first kappa shape index (κ1) is 19.0. The number of benzene rings is 1. The molecule has 1 fully saturated rings. The molecule has 0 bridgehead atoms. The molecule has 3 N–H and O–H groups in total. The molecule has 2 rings (SSSR count). The normalized spacial score (nSPS) is 20.0. The number of carboxylic acid groups (broad SMARTS) is 1. The number of anilines is 1. The Labute approximate surface area is 148 Å². The zero-order valence-electron chi connectivity index (χ0n) is 14.9. The summed E-state index contributed by atoms with van der Waals surface area (Å²) in [5, 5.41) is 14.7. The van der Waals surface area contributed by atoms with E-state index in [1.165, 1.54) is 0 Å². The molecule has 0 heterocycles. The average Bonchev–Trinajstić information content (AvgIpc) is 3.28. The lowest BCUT2D eigenvalue weighted by Crippen LogP contribution is -2.33. The third-order valence-electron chi connectivity index (χ3n) is 4.48. The van der Waals surface area contributed by atoms with Crippen molar-refractivity contribution in [3.8, 4) is 0 Å². The van der Waals surface area contributed by atoms with Crippen LogP contribution in [0.4, 0.5) is 5.69 Å². The number of carboxylic acids is 1. The van der Waals surface area contributed by atoms with Crippen LogP contribution in [0.1, 0.15) is 44.0 Å². The van der Waals surface area contributed by atoms with Crippen molar-refractivity contribution in [1.29, 1.82) is 0 Å². The Balaban J connectivity index is 1.87. The van der Waals surface area contributed by atoms with E-state index in [4.69, 9.17) is 0 Å². The van der Waals surface area contributed by atoms with E-state index in [0.717, 1.165) is 6.42 Å². The number of carbonyl (C=O) groups excluding carboxylic acids is 2. The largest absolute Gasteiger partial charge is 0.481 e. The lowest BCUT2D eigenvalue weighted by molar-refractivity contribution is -0.142. The molecule has 6 heteroatoms. The molecule has 1 aromatic rings. The minimum Gasteiger partial charge on any atom is -0.481 e. The number of aliphatic carboxylic acids is 1. The van der Waals surface area contributed by atoms with Gasteiger partial charge in [-0.15, -0.1) is 0 Å². The Hall–Kier alpha value is -2.37. The van der Waals surface area contributed by atoms with Gasteiger partial charge in [0, 0.05) is 23.7 Å². The molecule has 2 amide bonds. The van der Waals surface area contributed by atoms with Gasteiger partial charge in [-0.05, 0) is 48.9 Å². The highest BCUT2D eigenvalue weighted by molar-refractivity contribution is 5.97. The number of amides is 2. The molecular formula is C19H26N2O4. The van der Waals surface area contributed by atoms with E-state index in [-0.39, 0.29) is 30.2 Å². The predicted octanol–water partition coefficient (Wildman–Crippen LogP) is 2.76. The predicted molar refractivity (Wildman–Crippen MR) is 95.3 cm³/mol. The van der Waals surface area contributed by atoms with Crippen LogP contribution in [0.5, 0.6) is 0 Å². The fourth-order valence-corrected chi connectivity index (χ4v) is 2.79. The maximum Gasteiger partial charge on any atom is 0.308 e. The Kier molecular flexibility index (Phi) is 6.17. The highest BCUT2D eigenvalue weighted by Gasteiger charge is 2.39. The van der Waals surface area contributed by atoms with Gasteiger partial charge in [-0.25, -0.2) is 0 Å². The summed E-state index contributed by atoms with van der Waals surface area (Å²) in [6, 6.07) is 6.62. The summed E-state index contributed by atoms with van der Waals surface area (Å²) in [6.07, 6.45) is 1.44. The van der Waals surface area contributed by atoms with Gasteiger partial charge in [0.25, 0.3) is 5.91 Å². The van der Waals surface area contributed by atoms with Crippen molar-refractivity contribution in [2.45, 2.75) is 33.6 Å². The van der Waals surface area contributed by atoms with E-state index in [0.29, 0.717) is 23.6 Å². The summed E-state index contributed by atoms with van der Waals surface area (Å²) in [5.74, 6) is -1.01. The maximum absolute atomic E-state index is 12.2. The van der Waals surface area contributed by atoms with E-state index >= 15 is 0 Å². The average molecular weight is 346 g/mol. The van der Waals surface area contributed by atoms with Crippen molar-refractivity contribution < 1.29 is 19.5 Å². The summed E-state index contributed by atoms with van der Waals surface area (Å²) >= 11 is 0. The van der Waals surface area contributed by atoms with Crippen LogP contribution in [0.3, 0.4) is 0 Å². The molecular weight excluding hydrogens is 320 g/mol. The molecule has 3 atom stereocenters. The van der Waals surface area contributed by atoms with Gasteiger partial charge < -0.3 is 15.7 Å². The van der Waals surface area contributed by atoms with Crippen molar-refractivity contribution in [2.75, 3.05) is 11.9 Å². The quantitative estimate of drug-likeness (QED) is 0.674. The SMILES string of the molecule is CC(C)CC(CNC(=O)c1ccc(NC(=O)C2CC2C)cc1)C(=O)O. The van der Waals surface area contributed by atoms with Crippen molar-refractivity contribution in [1.82, 2.24) is 5.32 Å². The summed E-state index contributed by atoms with van der Waals surface area (Å²) in [5.41, 5.74) is 1.09. The lowest BCUT2D eigenvalue weighted by atomic mass is 9.97. The standard InChI is InChI=1S/C19H26N2O4/c1-11(2)8-14(19(24)25)10-20-17(22)13-4-6-15(7-5-13)21-18(23)16-9-12(16)3/h4-7,11-12,14,16H,8-10H2,1-3H3,(H,20,22)(H,21,23)(H,24,25). The summed E-state index contributed by atoms with van der Waals surface area (Å²) < 4.78 is 0. The molecule has 1 aliphatic rings. The summed E-state index contributed by atoms with van der Waals surface area (Å²) in [7, 11) is 0. The molecule has 3 unspecified atom stereocenters. The molecule has 0 aliphatic heterocycles. The molecule has 136 valence electrons. The topological polar surface area (TPSA) is 95.5 Å². The van der Waals surface area contributed by atoms with Gasteiger partial charge in [-0.1, -0.05) is 20.8 Å². The molecule has 1 aromatic carbocycles. The third kappa shape index (κ3) is 5.59. The van der Waals surface area contributed by atoms with Gasteiger partial charge in [-0.2, -0.15) is 0 Å². The third-order valence-corrected chi connectivity index (χ3v) is 4.48. The molecule has 6 nitrogen and oxygen atoms in total. The van der Waals surface area contributed by atoms with Gasteiger partial charge in [0.2, 0.25) is 5.91 Å². The van der Waals surface area contributed by atoms with Crippen LogP contribution in [0, 0.1) is 23.7 Å². The Morgan fingerprint density at radius 1 is 1.20 bits per heavy atom. The monoisotopic (exact) mass is 346 g/mol. The smallest absolute Gasteiger partial charge is 0.308 e. The van der Waals surface area contributed by atoms with E-state index in [2.05, 4.69) is 10.6 Å². The van der Waals surface area contributed by atoms with Crippen molar-refractivity contribution in [2.24, 2.45) is 23.7 Å². The Bertz CT molecular complexity index is 639. The zero-order chi connectivity index (χ0) is 18.6. The fourth-order valence-electron chi connectivity index (χ4n) is 2.79. The minimum atomic E-state index is -0.902. The van der Waals surface area contributed by atoms with E-state index < -0.39 is 11.9 Å². The van der Waals surface area contributed by atoms with Crippen LogP contribution in [-0.4, -0.2) is 29.4 Å². The van der Waals surface area contributed by atoms with Crippen molar-refractivity contribution in [3.05, 3.63) is 29.8 Å². The van der Waals surface area contributed by atoms with E-state index in [1.807, 2.05) is 20.8 Å². The van der Waals surface area contributed by atoms with E-state index in [1.54, 1.807) is 24.3 Å². The van der Waals surface area contributed by atoms with Gasteiger partial charge in [0.05, 0.1) is 5.92 Å². The molecule has 0 radical (unpaired) electrons. The zero-order valence-corrected chi connectivity index (χ0v) is 14.9. The first-order valence-electron chi connectivity index (χ1n) is 8.69. The van der Waals surface area contributed by atoms with Crippen LogP contribution in [-0.2, 0) is 9.59 Å². The molecule has 0 saturated heterocycles. The van der Waals surface area contributed by atoms with Crippen LogP contribution in [0.2, 0.25) is 0 Å². The van der Waals surface area contributed by atoms with Crippen molar-refractivity contribution in [3.63, 3.8) is 0 Å². The second-order valence-corrected chi connectivity index (χ2v) is 7.26. The first-order valence-corrected chi connectivity index (χ1v) is 8.69. The van der Waals surface area contributed by atoms with Gasteiger partial charge >= 0.3 is 5.97 Å². The van der Waals surface area contributed by atoms with Gasteiger partial charge in [0.1, 0.15) is 0 Å². The molecule has 0 spiro atoms. The molecule has 25 heavy (non-hydrogen) atoms. The fraction of sp³-hybridized carbons (Fsp3) is 0.526. The number of rotatable bonds is 8. The number of hydrogen-bond donors (Lipinski definition) is 3. The molecule has 1 saturated carbocycles. The van der Waals surface area contributed by atoms with Gasteiger partial charge in [-0.3, -0.25) is 14.4 Å². The Morgan fingerprint density at radius 2 is 1.80 bits per heavy atom. The molecule has 0 aromatic heterocycles. The minimum absolute atomic E-state index is 0.0164. The van der Waals surface area contributed by atoms with Crippen LogP contribution in [0.25, 0.3) is 0 Å². The highest BCUT2D eigenvalue weighted by atomic mass is 16.4. The highest BCUT2D eigenvalue weighted by Crippen LogP contribution is 2.38. The number of hydrogen-bond acceptors (Lipinski definition) is 3. The summed E-state index contributed by atoms with van der Waals surface area (Å²) in [4.78, 5) is 35.3.